The lowest BCUT2D eigenvalue weighted by molar-refractivity contribution is 0.380. The molecule has 1 aromatic heterocycles. The van der Waals surface area contributed by atoms with Crippen molar-refractivity contribution in [2.24, 2.45) is 10.7 Å². The fraction of sp³-hybridized carbons (Fsp3) is 0.444. The number of piperazine rings is 1. The molecule has 0 unspecified atom stereocenters. The average molecular weight is 489 g/mol. The molecule has 26 heavy (non-hydrogen) atoms. The number of benzene rings is 1. The van der Waals surface area contributed by atoms with Gasteiger partial charge in [-0.1, -0.05) is 13.8 Å². The molecule has 0 radical (unpaired) electrons. The zero-order chi connectivity index (χ0) is 17.8. The number of rotatable bonds is 4. The molecule has 1 aromatic carbocycles. The Balaban J connectivity index is 0.00000243. The molecule has 5 nitrogen and oxygen atoms in total. The predicted molar refractivity (Wildman–Crippen MR) is 117 cm³/mol. The molecule has 1 saturated heterocycles. The van der Waals surface area contributed by atoms with Crippen molar-refractivity contribution in [1.82, 2.24) is 9.88 Å². The Labute approximate surface area is 175 Å². The Hall–Kier alpha value is -1.42. The highest BCUT2D eigenvalue weighted by molar-refractivity contribution is 14.0. The highest BCUT2D eigenvalue weighted by atomic mass is 127. The molecule has 2 heterocycles. The van der Waals surface area contributed by atoms with Gasteiger partial charge in [-0.15, -0.1) is 35.3 Å². The van der Waals surface area contributed by atoms with Crippen LogP contribution in [0.1, 0.15) is 30.5 Å². The highest BCUT2D eigenvalue weighted by Gasteiger charge is 2.18. The van der Waals surface area contributed by atoms with Gasteiger partial charge in [-0.05, 0) is 30.2 Å². The van der Waals surface area contributed by atoms with Gasteiger partial charge >= 0.3 is 0 Å². The maximum absolute atomic E-state index is 13.0. The summed E-state index contributed by atoms with van der Waals surface area (Å²) in [5, 5.41) is 3.09. The van der Waals surface area contributed by atoms with Crippen molar-refractivity contribution < 1.29 is 4.39 Å². The van der Waals surface area contributed by atoms with E-state index in [-0.39, 0.29) is 29.8 Å². The van der Waals surface area contributed by atoms with E-state index in [1.807, 2.05) is 12.1 Å². The van der Waals surface area contributed by atoms with Crippen LogP contribution < -0.4 is 10.6 Å². The van der Waals surface area contributed by atoms with Gasteiger partial charge in [0, 0.05) is 37.2 Å². The van der Waals surface area contributed by atoms with Crippen molar-refractivity contribution in [3.8, 4) is 0 Å². The maximum atomic E-state index is 13.0. The van der Waals surface area contributed by atoms with Crippen LogP contribution in [0.4, 0.5) is 10.1 Å². The van der Waals surface area contributed by atoms with E-state index in [4.69, 9.17) is 5.73 Å². The van der Waals surface area contributed by atoms with E-state index in [2.05, 4.69) is 39.0 Å². The first-order chi connectivity index (χ1) is 12.0. The van der Waals surface area contributed by atoms with Gasteiger partial charge in [0.05, 0.1) is 12.2 Å². The minimum Gasteiger partial charge on any atom is -0.370 e. The van der Waals surface area contributed by atoms with Gasteiger partial charge in [0.15, 0.2) is 5.96 Å². The molecule has 1 fully saturated rings. The number of hydrogen-bond acceptors (Lipinski definition) is 4. The van der Waals surface area contributed by atoms with Crippen molar-refractivity contribution >= 4 is 47.0 Å². The van der Waals surface area contributed by atoms with Crippen LogP contribution in [0.15, 0.2) is 34.6 Å². The summed E-state index contributed by atoms with van der Waals surface area (Å²) in [6, 6.07) is 6.63. The molecule has 0 aliphatic carbocycles. The minimum atomic E-state index is -0.207. The van der Waals surface area contributed by atoms with Gasteiger partial charge in [-0.25, -0.2) is 14.4 Å². The third kappa shape index (κ3) is 5.29. The summed E-state index contributed by atoms with van der Waals surface area (Å²) in [6.07, 6.45) is 0. The molecule has 2 N–H and O–H groups in total. The van der Waals surface area contributed by atoms with Gasteiger partial charge in [0.2, 0.25) is 0 Å². The Bertz CT molecular complexity index is 723. The largest absolute Gasteiger partial charge is 0.370 e. The number of aliphatic imine (C=N–C) groups is 1. The quantitative estimate of drug-likeness (QED) is 0.405. The molecule has 2 aromatic rings. The molecule has 0 amide bonds. The molecular formula is C18H25FIN5S. The van der Waals surface area contributed by atoms with Crippen LogP contribution >= 0.6 is 35.3 Å². The smallest absolute Gasteiger partial charge is 0.191 e. The molecular weight excluding hydrogens is 464 g/mol. The second-order valence-electron chi connectivity index (χ2n) is 6.45. The average Bonchev–Trinajstić information content (AvgIpc) is 3.10. The number of anilines is 1. The van der Waals surface area contributed by atoms with Crippen LogP contribution in [0.5, 0.6) is 0 Å². The molecule has 1 aliphatic heterocycles. The minimum absolute atomic E-state index is 0. The number of aromatic nitrogens is 1. The summed E-state index contributed by atoms with van der Waals surface area (Å²) < 4.78 is 13.0. The number of halogens is 2. The van der Waals surface area contributed by atoms with Gasteiger partial charge in [0.1, 0.15) is 10.8 Å². The van der Waals surface area contributed by atoms with E-state index in [1.165, 1.54) is 12.1 Å². The summed E-state index contributed by atoms with van der Waals surface area (Å²) in [6.45, 7) is 8.10. The lowest BCUT2D eigenvalue weighted by Crippen LogP contribution is -2.51. The molecule has 8 heteroatoms. The van der Waals surface area contributed by atoms with E-state index in [0.717, 1.165) is 42.6 Å². The fourth-order valence-electron chi connectivity index (χ4n) is 2.76. The Morgan fingerprint density at radius 1 is 1.23 bits per heavy atom. The van der Waals surface area contributed by atoms with E-state index < -0.39 is 0 Å². The normalized spacial score (nSPS) is 15.3. The van der Waals surface area contributed by atoms with Crippen LogP contribution in [0.25, 0.3) is 0 Å². The summed E-state index contributed by atoms with van der Waals surface area (Å²) >= 11 is 1.63. The number of nitrogens with zero attached hydrogens (tertiary/aromatic N) is 4. The van der Waals surface area contributed by atoms with Crippen LogP contribution in [0.2, 0.25) is 0 Å². The predicted octanol–water partition coefficient (Wildman–Crippen LogP) is 3.66. The van der Waals surface area contributed by atoms with Crippen molar-refractivity contribution in [3.05, 3.63) is 46.2 Å². The van der Waals surface area contributed by atoms with Gasteiger partial charge in [-0.3, -0.25) is 0 Å². The molecule has 0 saturated carbocycles. The number of hydrogen-bond donors (Lipinski definition) is 1. The van der Waals surface area contributed by atoms with Gasteiger partial charge in [-0.2, -0.15) is 0 Å². The van der Waals surface area contributed by atoms with E-state index in [1.54, 1.807) is 11.3 Å². The summed E-state index contributed by atoms with van der Waals surface area (Å²) in [5.74, 6) is 0.799. The maximum Gasteiger partial charge on any atom is 0.191 e. The van der Waals surface area contributed by atoms with Crippen LogP contribution in [0.3, 0.4) is 0 Å². The number of thiazole rings is 1. The van der Waals surface area contributed by atoms with Crippen molar-refractivity contribution in [3.63, 3.8) is 0 Å². The molecule has 0 atom stereocenters. The van der Waals surface area contributed by atoms with Crippen molar-refractivity contribution in [2.45, 2.75) is 26.3 Å². The second-order valence-corrected chi connectivity index (χ2v) is 7.39. The van der Waals surface area contributed by atoms with E-state index >= 15 is 0 Å². The SMILES string of the molecule is CC(C)c1csc(CN=C(N)N2CCN(c3ccc(F)cc3)CC2)n1.I. The molecule has 142 valence electrons. The first-order valence-corrected chi connectivity index (χ1v) is 9.40. The van der Waals surface area contributed by atoms with Crippen LogP contribution in [0, 0.1) is 5.82 Å². The highest BCUT2D eigenvalue weighted by Crippen LogP contribution is 2.19. The van der Waals surface area contributed by atoms with E-state index in [0.29, 0.717) is 18.4 Å². The number of guanidine groups is 1. The first kappa shape index (κ1) is 20.9. The monoisotopic (exact) mass is 489 g/mol. The Morgan fingerprint density at radius 2 is 1.88 bits per heavy atom. The molecule has 1 aliphatic rings. The van der Waals surface area contributed by atoms with Gasteiger partial charge < -0.3 is 15.5 Å². The second kappa shape index (κ2) is 9.50. The summed E-state index contributed by atoms with van der Waals surface area (Å²) in [5.41, 5.74) is 8.31. The topological polar surface area (TPSA) is 57.8 Å². The Morgan fingerprint density at radius 3 is 2.46 bits per heavy atom. The van der Waals surface area contributed by atoms with E-state index in [9.17, 15) is 4.39 Å². The zero-order valence-corrected chi connectivity index (χ0v) is 18.2. The molecule has 0 bridgehead atoms. The summed E-state index contributed by atoms with van der Waals surface area (Å²) in [7, 11) is 0. The summed E-state index contributed by atoms with van der Waals surface area (Å²) in [4.78, 5) is 13.4. The van der Waals surface area contributed by atoms with Gasteiger partial charge in [0.25, 0.3) is 0 Å². The standard InChI is InChI=1S/C18H24FN5S.HI/c1-13(2)16-12-25-17(22-16)11-21-18(20)24-9-7-23(8-10-24)15-5-3-14(19)4-6-15;/h3-6,12-13H,7-11H2,1-2H3,(H2,20,21);1H. The van der Waals surface area contributed by atoms with Crippen LogP contribution in [-0.4, -0.2) is 42.0 Å². The third-order valence-corrected chi connectivity index (χ3v) is 5.18. The lowest BCUT2D eigenvalue weighted by Gasteiger charge is -2.36. The number of nitrogens with two attached hydrogens (primary N) is 1. The zero-order valence-electron chi connectivity index (χ0n) is 15.1. The first-order valence-electron chi connectivity index (χ1n) is 8.52. The molecule has 0 spiro atoms. The van der Waals surface area contributed by atoms with Crippen molar-refractivity contribution in [1.29, 1.82) is 0 Å². The third-order valence-electron chi connectivity index (χ3n) is 4.33. The Kier molecular flexibility index (Phi) is 7.63. The van der Waals surface area contributed by atoms with Crippen LogP contribution in [-0.2, 0) is 6.54 Å². The fourth-order valence-corrected chi connectivity index (χ4v) is 3.64. The lowest BCUT2D eigenvalue weighted by atomic mass is 10.2. The van der Waals surface area contributed by atoms with Crippen molar-refractivity contribution in [2.75, 3.05) is 31.1 Å². The molecule has 3 rings (SSSR count).